The van der Waals surface area contributed by atoms with Gasteiger partial charge >= 0.3 is 24.0 Å². The smallest absolute Gasteiger partial charge is 0.466 e. The van der Waals surface area contributed by atoms with Crippen LogP contribution in [0.5, 0.6) is 0 Å². The van der Waals surface area contributed by atoms with E-state index in [2.05, 4.69) is 0 Å². The normalized spacial score (nSPS) is 12.4. The fourth-order valence-electron chi connectivity index (χ4n) is 1.57. The van der Waals surface area contributed by atoms with Crippen molar-refractivity contribution in [1.82, 2.24) is 5.32 Å². The monoisotopic (exact) mass is 355 g/mol. The first-order valence-corrected chi connectivity index (χ1v) is 7.92. The molecule has 0 saturated heterocycles. The molecule has 6 nitrogen and oxygen atoms in total. The minimum absolute atomic E-state index is 0.0364. The van der Waals surface area contributed by atoms with Crippen molar-refractivity contribution in [3.8, 4) is 0 Å². The Morgan fingerprint density at radius 2 is 1.54 bits per heavy atom. The van der Waals surface area contributed by atoms with Crippen LogP contribution >= 0.6 is 0 Å². The molecule has 0 spiro atoms. The van der Waals surface area contributed by atoms with Gasteiger partial charge in [0.1, 0.15) is 6.04 Å². The number of hydrogen-bond acceptors (Lipinski definition) is 5. The van der Waals surface area contributed by atoms with Crippen LogP contribution in [0, 0.1) is 0 Å². The van der Waals surface area contributed by atoms with E-state index in [0.29, 0.717) is 12.8 Å². The molecule has 0 heterocycles. The van der Waals surface area contributed by atoms with Crippen LogP contribution in [0.3, 0.4) is 0 Å². The van der Waals surface area contributed by atoms with Crippen molar-refractivity contribution in [1.29, 1.82) is 0 Å². The number of ether oxygens (including phenoxy) is 2. The zero-order valence-electron chi connectivity index (χ0n) is 13.9. The molecule has 24 heavy (non-hydrogen) atoms. The number of halogens is 3. The van der Waals surface area contributed by atoms with Crippen LogP contribution in [0.4, 0.5) is 13.2 Å². The van der Waals surface area contributed by atoms with Crippen LogP contribution in [0.1, 0.15) is 52.4 Å². The Kier molecular flexibility index (Phi) is 10.8. The number of nitrogens with one attached hydrogen (secondary N) is 1. The van der Waals surface area contributed by atoms with Gasteiger partial charge in [-0.25, -0.2) is 4.79 Å². The Morgan fingerprint density at radius 3 is 2.04 bits per heavy atom. The SMILES string of the molecule is CCCCOC(=O)CC[C@H](NC(=O)C(F)(F)F)C(=O)OCCCC. The number of rotatable bonds is 11. The largest absolute Gasteiger partial charge is 0.471 e. The molecule has 140 valence electrons. The highest BCUT2D eigenvalue weighted by Gasteiger charge is 2.41. The molecule has 0 aromatic heterocycles. The first kappa shape index (κ1) is 22.2. The Bertz CT molecular complexity index is 412. The number of esters is 2. The molecule has 0 aliphatic carbocycles. The number of carbonyl (C=O) groups is 3. The summed E-state index contributed by atoms with van der Waals surface area (Å²) in [6, 6.07) is -1.55. The molecule has 0 fully saturated rings. The van der Waals surface area contributed by atoms with Gasteiger partial charge in [0.15, 0.2) is 0 Å². The van der Waals surface area contributed by atoms with Crippen molar-refractivity contribution >= 4 is 17.8 Å². The van der Waals surface area contributed by atoms with Crippen molar-refractivity contribution in [2.45, 2.75) is 64.6 Å². The molecule has 1 N–H and O–H groups in total. The predicted octanol–water partition coefficient (Wildman–Crippen LogP) is 2.50. The lowest BCUT2D eigenvalue weighted by molar-refractivity contribution is -0.176. The first-order valence-electron chi connectivity index (χ1n) is 7.92. The molecular weight excluding hydrogens is 331 g/mol. The summed E-state index contributed by atoms with van der Waals surface area (Å²) in [6.45, 7) is 4.00. The topological polar surface area (TPSA) is 81.7 Å². The van der Waals surface area contributed by atoms with E-state index in [4.69, 9.17) is 9.47 Å². The van der Waals surface area contributed by atoms with Gasteiger partial charge in [-0.05, 0) is 19.3 Å². The molecular formula is C15H24F3NO5. The Morgan fingerprint density at radius 1 is 1.00 bits per heavy atom. The van der Waals surface area contributed by atoms with Crippen LogP contribution in [0.25, 0.3) is 0 Å². The average molecular weight is 355 g/mol. The first-order chi connectivity index (χ1) is 11.2. The number of carbonyl (C=O) groups excluding carboxylic acids is 3. The van der Waals surface area contributed by atoms with E-state index in [-0.39, 0.29) is 26.1 Å². The minimum Gasteiger partial charge on any atom is -0.466 e. The standard InChI is InChI=1S/C15H24F3NO5/c1-3-5-9-23-12(20)8-7-11(13(21)24-10-6-4-2)19-14(22)15(16,17)18/h11H,3-10H2,1-2H3,(H,19,22)/t11-/m0/s1. The van der Waals surface area contributed by atoms with Crippen molar-refractivity contribution in [2.75, 3.05) is 13.2 Å². The lowest BCUT2D eigenvalue weighted by Gasteiger charge is -2.18. The van der Waals surface area contributed by atoms with Crippen LogP contribution in [0.2, 0.25) is 0 Å². The van der Waals surface area contributed by atoms with Crippen molar-refractivity contribution < 1.29 is 37.0 Å². The Hall–Kier alpha value is -1.80. The van der Waals surface area contributed by atoms with Crippen molar-refractivity contribution in [3.63, 3.8) is 0 Å². The second-order valence-electron chi connectivity index (χ2n) is 5.16. The fourth-order valence-corrected chi connectivity index (χ4v) is 1.57. The number of amides is 1. The summed E-state index contributed by atoms with van der Waals surface area (Å²) < 4.78 is 46.7. The van der Waals surface area contributed by atoms with Gasteiger partial charge in [0.2, 0.25) is 0 Å². The van der Waals surface area contributed by atoms with Gasteiger partial charge in [-0.2, -0.15) is 13.2 Å². The second-order valence-corrected chi connectivity index (χ2v) is 5.16. The molecule has 0 aromatic carbocycles. The highest BCUT2D eigenvalue weighted by Crippen LogP contribution is 2.15. The van der Waals surface area contributed by atoms with Crippen molar-refractivity contribution in [3.05, 3.63) is 0 Å². The third kappa shape index (κ3) is 10.1. The van der Waals surface area contributed by atoms with Gasteiger partial charge in [-0.3, -0.25) is 9.59 Å². The molecule has 0 bridgehead atoms. The van der Waals surface area contributed by atoms with Crippen LogP contribution in [-0.4, -0.2) is 43.3 Å². The molecule has 9 heteroatoms. The lowest BCUT2D eigenvalue weighted by atomic mass is 10.1. The maximum atomic E-state index is 12.3. The molecule has 0 rings (SSSR count). The predicted molar refractivity (Wildman–Crippen MR) is 79.0 cm³/mol. The zero-order valence-corrected chi connectivity index (χ0v) is 13.9. The Balaban J connectivity index is 4.59. The maximum absolute atomic E-state index is 12.3. The van der Waals surface area contributed by atoms with E-state index >= 15 is 0 Å². The van der Waals surface area contributed by atoms with Gasteiger partial charge < -0.3 is 14.8 Å². The summed E-state index contributed by atoms with van der Waals surface area (Å²) in [5.41, 5.74) is 0. The van der Waals surface area contributed by atoms with Gasteiger partial charge in [0, 0.05) is 6.42 Å². The molecule has 0 unspecified atom stereocenters. The van der Waals surface area contributed by atoms with Crippen LogP contribution < -0.4 is 5.32 Å². The number of alkyl halides is 3. The molecule has 0 aliphatic rings. The number of unbranched alkanes of at least 4 members (excludes halogenated alkanes) is 2. The summed E-state index contributed by atoms with van der Waals surface area (Å²) in [5.74, 6) is -3.89. The lowest BCUT2D eigenvalue weighted by Crippen LogP contribution is -2.47. The third-order valence-electron chi connectivity index (χ3n) is 2.99. The highest BCUT2D eigenvalue weighted by molar-refractivity contribution is 5.87. The van der Waals surface area contributed by atoms with E-state index in [9.17, 15) is 27.6 Å². The summed E-state index contributed by atoms with van der Waals surface area (Å²) in [6.07, 6.45) is -2.97. The van der Waals surface area contributed by atoms with E-state index in [0.717, 1.165) is 12.8 Å². The zero-order chi connectivity index (χ0) is 18.6. The van der Waals surface area contributed by atoms with E-state index < -0.39 is 30.1 Å². The van der Waals surface area contributed by atoms with Gasteiger partial charge in [-0.1, -0.05) is 26.7 Å². The van der Waals surface area contributed by atoms with E-state index in [1.54, 1.807) is 5.32 Å². The second kappa shape index (κ2) is 11.7. The molecule has 1 amide bonds. The quantitative estimate of drug-likeness (QED) is 0.455. The molecule has 0 aliphatic heterocycles. The summed E-state index contributed by atoms with van der Waals surface area (Å²) >= 11 is 0. The van der Waals surface area contributed by atoms with Crippen LogP contribution in [-0.2, 0) is 23.9 Å². The van der Waals surface area contributed by atoms with Crippen molar-refractivity contribution in [2.24, 2.45) is 0 Å². The third-order valence-corrected chi connectivity index (χ3v) is 2.99. The number of hydrogen-bond donors (Lipinski definition) is 1. The summed E-state index contributed by atoms with van der Waals surface area (Å²) in [4.78, 5) is 34.3. The minimum atomic E-state index is -5.12. The molecule has 0 saturated carbocycles. The van der Waals surface area contributed by atoms with E-state index in [1.807, 2.05) is 13.8 Å². The highest BCUT2D eigenvalue weighted by atomic mass is 19.4. The van der Waals surface area contributed by atoms with Gasteiger partial charge in [0.25, 0.3) is 0 Å². The fraction of sp³-hybridized carbons (Fsp3) is 0.800. The summed E-state index contributed by atoms with van der Waals surface area (Å²) in [7, 11) is 0. The van der Waals surface area contributed by atoms with Crippen LogP contribution in [0.15, 0.2) is 0 Å². The molecule has 0 radical (unpaired) electrons. The van der Waals surface area contributed by atoms with E-state index in [1.165, 1.54) is 0 Å². The van der Waals surface area contributed by atoms with Gasteiger partial charge in [0.05, 0.1) is 13.2 Å². The molecule has 0 aromatic rings. The Labute approximate surface area is 139 Å². The average Bonchev–Trinajstić information content (AvgIpc) is 2.50. The summed E-state index contributed by atoms with van der Waals surface area (Å²) in [5, 5.41) is 1.56. The molecule has 1 atom stereocenters. The van der Waals surface area contributed by atoms with Gasteiger partial charge in [-0.15, -0.1) is 0 Å². The maximum Gasteiger partial charge on any atom is 0.471 e.